The first-order chi connectivity index (χ1) is 9.56. The number of carbonyl (C=O) groups is 1. The van der Waals surface area contributed by atoms with Crippen LogP contribution >= 0.6 is 0 Å². The van der Waals surface area contributed by atoms with Gasteiger partial charge in [-0.15, -0.1) is 0 Å². The maximum Gasteiger partial charge on any atom is 0.296 e. The lowest BCUT2D eigenvalue weighted by Gasteiger charge is -2.20. The zero-order chi connectivity index (χ0) is 14.7. The number of amides is 1. The predicted octanol–water partition coefficient (Wildman–Crippen LogP) is 2.87. The molecule has 0 saturated carbocycles. The van der Waals surface area contributed by atoms with Crippen molar-refractivity contribution in [3.63, 3.8) is 0 Å². The average molecular weight is 276 g/mol. The molecule has 2 aromatic rings. The van der Waals surface area contributed by atoms with E-state index in [0.717, 1.165) is 10.6 Å². The maximum absolute atomic E-state index is 13.9. The number of hydrogen-bond donors (Lipinski definition) is 0. The lowest BCUT2D eigenvalue weighted by molar-refractivity contribution is -0.0766. The first kappa shape index (κ1) is 14.3. The summed E-state index contributed by atoms with van der Waals surface area (Å²) in [6.45, 7) is 1.92. The normalized spacial score (nSPS) is 12.2. The molecular formula is C15H17FN2O2. The van der Waals surface area contributed by atoms with Crippen LogP contribution in [0.2, 0.25) is 0 Å². The predicted molar refractivity (Wildman–Crippen MR) is 73.7 cm³/mol. The molecule has 1 aromatic carbocycles. The van der Waals surface area contributed by atoms with Crippen LogP contribution in [0.5, 0.6) is 0 Å². The van der Waals surface area contributed by atoms with E-state index in [0.29, 0.717) is 0 Å². The van der Waals surface area contributed by atoms with Crippen LogP contribution in [-0.4, -0.2) is 29.7 Å². The molecule has 106 valence electrons. The molecule has 0 unspecified atom stereocenters. The second-order valence-corrected chi connectivity index (χ2v) is 4.49. The molecule has 0 saturated heterocycles. The number of aromatic nitrogens is 1. The van der Waals surface area contributed by atoms with Gasteiger partial charge in [-0.05, 0) is 18.6 Å². The summed E-state index contributed by atoms with van der Waals surface area (Å²) < 4.78 is 15.5. The molecule has 0 aliphatic heterocycles. The standard InChI is InChI=1S/C15H17FN2O2/c1-11(12-7-5-4-6-8-12)18-10-9-13(16)14(18)15(19)17(2)20-3/h4-11H,1-3H3/t11-/m1/s1. The molecule has 20 heavy (non-hydrogen) atoms. The Morgan fingerprint density at radius 2 is 1.95 bits per heavy atom. The van der Waals surface area contributed by atoms with Crippen LogP contribution in [0.25, 0.3) is 0 Å². The molecule has 0 spiro atoms. The quantitative estimate of drug-likeness (QED) is 0.805. The molecule has 0 aliphatic carbocycles. The van der Waals surface area contributed by atoms with Crippen molar-refractivity contribution >= 4 is 5.91 Å². The van der Waals surface area contributed by atoms with E-state index >= 15 is 0 Å². The van der Waals surface area contributed by atoms with Crippen LogP contribution in [0.15, 0.2) is 42.6 Å². The van der Waals surface area contributed by atoms with Gasteiger partial charge in [0.05, 0.1) is 13.2 Å². The van der Waals surface area contributed by atoms with Gasteiger partial charge in [-0.1, -0.05) is 30.3 Å². The van der Waals surface area contributed by atoms with Crippen molar-refractivity contribution < 1.29 is 14.0 Å². The van der Waals surface area contributed by atoms with Crippen molar-refractivity contribution in [1.82, 2.24) is 9.63 Å². The number of halogens is 1. The molecule has 1 atom stereocenters. The van der Waals surface area contributed by atoms with Gasteiger partial charge in [0.2, 0.25) is 0 Å². The van der Waals surface area contributed by atoms with Crippen molar-refractivity contribution in [2.24, 2.45) is 0 Å². The Kier molecular flexibility index (Phi) is 4.20. The highest BCUT2D eigenvalue weighted by Crippen LogP contribution is 2.23. The lowest BCUT2D eigenvalue weighted by Crippen LogP contribution is -2.29. The molecule has 0 fully saturated rings. The molecular weight excluding hydrogens is 259 g/mol. The highest BCUT2D eigenvalue weighted by Gasteiger charge is 2.24. The Hall–Kier alpha value is -2.14. The van der Waals surface area contributed by atoms with E-state index in [1.54, 1.807) is 10.8 Å². The van der Waals surface area contributed by atoms with E-state index in [4.69, 9.17) is 4.84 Å². The summed E-state index contributed by atoms with van der Waals surface area (Å²) in [7, 11) is 2.82. The zero-order valence-electron chi connectivity index (χ0n) is 11.7. The SMILES string of the molecule is CON(C)C(=O)c1c(F)ccn1[C@H](C)c1ccccc1. The minimum atomic E-state index is -0.554. The second kappa shape index (κ2) is 5.88. The third-order valence-corrected chi connectivity index (χ3v) is 3.33. The number of rotatable bonds is 4. The number of hydroxylamine groups is 2. The first-order valence-electron chi connectivity index (χ1n) is 6.29. The molecule has 5 heteroatoms. The van der Waals surface area contributed by atoms with E-state index in [1.165, 1.54) is 20.2 Å². The molecule has 1 aromatic heterocycles. The van der Waals surface area contributed by atoms with Gasteiger partial charge in [-0.2, -0.15) is 0 Å². The van der Waals surface area contributed by atoms with Crippen LogP contribution in [0.3, 0.4) is 0 Å². The van der Waals surface area contributed by atoms with Crippen LogP contribution in [0, 0.1) is 5.82 Å². The maximum atomic E-state index is 13.9. The number of carbonyl (C=O) groups excluding carboxylic acids is 1. The number of hydrogen-bond acceptors (Lipinski definition) is 2. The highest BCUT2D eigenvalue weighted by atomic mass is 19.1. The van der Waals surface area contributed by atoms with E-state index in [2.05, 4.69) is 0 Å². The number of nitrogens with zero attached hydrogens (tertiary/aromatic N) is 2. The second-order valence-electron chi connectivity index (χ2n) is 4.49. The Morgan fingerprint density at radius 3 is 2.55 bits per heavy atom. The van der Waals surface area contributed by atoms with Crippen LogP contribution in [0.4, 0.5) is 4.39 Å². The molecule has 2 rings (SSSR count). The van der Waals surface area contributed by atoms with Gasteiger partial charge in [0.15, 0.2) is 5.82 Å². The summed E-state index contributed by atoms with van der Waals surface area (Å²) in [6.07, 6.45) is 1.57. The van der Waals surface area contributed by atoms with Crippen molar-refractivity contribution in [3.05, 3.63) is 59.7 Å². The van der Waals surface area contributed by atoms with E-state index in [1.807, 2.05) is 37.3 Å². The van der Waals surface area contributed by atoms with E-state index in [-0.39, 0.29) is 11.7 Å². The molecule has 1 amide bonds. The van der Waals surface area contributed by atoms with Crippen LogP contribution in [-0.2, 0) is 4.84 Å². The molecule has 0 aliphatic rings. The third kappa shape index (κ3) is 2.58. The average Bonchev–Trinajstić information content (AvgIpc) is 2.87. The van der Waals surface area contributed by atoms with Gasteiger partial charge >= 0.3 is 0 Å². The fourth-order valence-electron chi connectivity index (χ4n) is 2.08. The minimum Gasteiger partial charge on any atom is -0.334 e. The zero-order valence-corrected chi connectivity index (χ0v) is 11.7. The molecule has 0 N–H and O–H groups in total. The minimum absolute atomic E-state index is 0.00861. The Morgan fingerprint density at radius 1 is 1.30 bits per heavy atom. The summed E-state index contributed by atoms with van der Waals surface area (Å²) in [5.74, 6) is -1.07. The number of benzene rings is 1. The first-order valence-corrected chi connectivity index (χ1v) is 6.29. The van der Waals surface area contributed by atoms with E-state index < -0.39 is 11.7 Å². The van der Waals surface area contributed by atoms with Gasteiger partial charge < -0.3 is 4.57 Å². The van der Waals surface area contributed by atoms with Gasteiger partial charge in [0, 0.05) is 13.2 Å². The summed E-state index contributed by atoms with van der Waals surface area (Å²) in [5, 5.41) is 1.01. The van der Waals surface area contributed by atoms with Crippen molar-refractivity contribution in [2.75, 3.05) is 14.2 Å². The summed E-state index contributed by atoms with van der Waals surface area (Å²) in [5.41, 5.74) is 0.989. The van der Waals surface area contributed by atoms with Gasteiger partial charge in [0.25, 0.3) is 5.91 Å². The Labute approximate surface area is 117 Å². The van der Waals surface area contributed by atoms with Gasteiger partial charge in [-0.25, -0.2) is 9.45 Å². The molecule has 4 nitrogen and oxygen atoms in total. The topological polar surface area (TPSA) is 34.5 Å². The molecule has 0 bridgehead atoms. The smallest absolute Gasteiger partial charge is 0.296 e. The van der Waals surface area contributed by atoms with Crippen molar-refractivity contribution in [3.8, 4) is 0 Å². The summed E-state index contributed by atoms with van der Waals surface area (Å²) in [6, 6.07) is 10.8. The largest absolute Gasteiger partial charge is 0.334 e. The Balaban J connectivity index is 2.41. The van der Waals surface area contributed by atoms with E-state index in [9.17, 15) is 9.18 Å². The summed E-state index contributed by atoms with van der Waals surface area (Å²) >= 11 is 0. The fourth-order valence-corrected chi connectivity index (χ4v) is 2.08. The fraction of sp³-hybridized carbons (Fsp3) is 0.267. The third-order valence-electron chi connectivity index (χ3n) is 3.33. The lowest BCUT2D eigenvalue weighted by atomic mass is 10.1. The summed E-state index contributed by atoms with van der Waals surface area (Å²) in [4.78, 5) is 17.0. The van der Waals surface area contributed by atoms with Crippen molar-refractivity contribution in [1.29, 1.82) is 0 Å². The van der Waals surface area contributed by atoms with Crippen LogP contribution < -0.4 is 0 Å². The monoisotopic (exact) mass is 276 g/mol. The highest BCUT2D eigenvalue weighted by molar-refractivity contribution is 5.92. The molecule has 0 radical (unpaired) electrons. The van der Waals surface area contributed by atoms with Gasteiger partial charge in [0.1, 0.15) is 5.69 Å². The van der Waals surface area contributed by atoms with Crippen molar-refractivity contribution in [2.45, 2.75) is 13.0 Å². The molecule has 1 heterocycles. The van der Waals surface area contributed by atoms with Crippen LogP contribution in [0.1, 0.15) is 29.0 Å². The Bertz CT molecular complexity index is 595. The van der Waals surface area contributed by atoms with Gasteiger partial charge in [-0.3, -0.25) is 9.63 Å².